The summed E-state index contributed by atoms with van der Waals surface area (Å²) in [6.07, 6.45) is 7.15. The maximum absolute atomic E-state index is 13.8. The van der Waals surface area contributed by atoms with Crippen molar-refractivity contribution in [3.05, 3.63) is 60.2 Å². The Morgan fingerprint density at radius 1 is 1.09 bits per heavy atom. The molecule has 2 aromatic carbocycles. The van der Waals surface area contributed by atoms with Crippen molar-refractivity contribution in [3.8, 4) is 11.5 Å². The van der Waals surface area contributed by atoms with Crippen molar-refractivity contribution >= 4 is 6.03 Å². The second kappa shape index (κ2) is 12.8. The Bertz CT molecular complexity index is 886. The molecule has 0 radical (unpaired) electrons. The van der Waals surface area contributed by atoms with Crippen molar-refractivity contribution in [2.75, 3.05) is 20.1 Å². The summed E-state index contributed by atoms with van der Waals surface area (Å²) in [5.74, 6) is 2.18. The van der Waals surface area contributed by atoms with Crippen LogP contribution < -0.4 is 15.4 Å². The molecule has 0 bridgehead atoms. The van der Waals surface area contributed by atoms with Crippen molar-refractivity contribution in [2.45, 2.75) is 77.3 Å². The van der Waals surface area contributed by atoms with Gasteiger partial charge in [0.05, 0.1) is 5.54 Å². The number of carbonyl (C=O) groups is 1. The number of nitrogens with zero attached hydrogens (tertiary/aromatic N) is 1. The van der Waals surface area contributed by atoms with Gasteiger partial charge in [0.25, 0.3) is 0 Å². The first-order valence-corrected chi connectivity index (χ1v) is 13.0. The number of carbonyl (C=O) groups excluding carboxylic acids is 1. The largest absolute Gasteiger partial charge is 0.457 e. The lowest BCUT2D eigenvalue weighted by molar-refractivity contribution is 0.0609. The lowest BCUT2D eigenvalue weighted by Crippen LogP contribution is -2.58. The second-order valence-electron chi connectivity index (χ2n) is 9.99. The van der Waals surface area contributed by atoms with E-state index < -0.39 is 0 Å². The number of unbranched alkanes of at least 4 members (excludes halogenated alkanes) is 1. The standard InChI is InChI=1S/C29H43N3O2/c1-5-6-18-29(26-16-10-11-17-27(26)34-25-14-8-7-9-15-25)19-12-13-20-32(29)28(33)31-24(22-30-4)21-23(2)3/h7-11,14-17,23-24,30H,5-6,12-13,18-22H2,1-4H3,(H,31,33)/t24-,29?/m0/s1. The van der Waals surface area contributed by atoms with Gasteiger partial charge in [-0.1, -0.05) is 70.0 Å². The molecule has 5 heteroatoms. The number of hydrogen-bond acceptors (Lipinski definition) is 3. The summed E-state index contributed by atoms with van der Waals surface area (Å²) in [4.78, 5) is 16.0. The first kappa shape index (κ1) is 26.1. The molecule has 3 rings (SSSR count). The van der Waals surface area contributed by atoms with E-state index in [4.69, 9.17) is 4.74 Å². The number of ether oxygens (including phenoxy) is 1. The quantitative estimate of drug-likeness (QED) is 0.388. The van der Waals surface area contributed by atoms with E-state index in [-0.39, 0.29) is 17.6 Å². The van der Waals surface area contributed by atoms with E-state index in [1.165, 1.54) is 0 Å². The number of rotatable bonds is 11. The maximum atomic E-state index is 13.8. The highest BCUT2D eigenvalue weighted by atomic mass is 16.5. The van der Waals surface area contributed by atoms with Crippen molar-refractivity contribution in [3.63, 3.8) is 0 Å². The van der Waals surface area contributed by atoms with E-state index in [0.717, 1.165) is 75.1 Å². The number of nitrogens with one attached hydrogen (secondary N) is 2. The minimum Gasteiger partial charge on any atom is -0.457 e. The van der Waals surface area contributed by atoms with E-state index in [1.54, 1.807) is 0 Å². The Labute approximate surface area is 206 Å². The van der Waals surface area contributed by atoms with Crippen LogP contribution >= 0.6 is 0 Å². The van der Waals surface area contributed by atoms with Crippen molar-refractivity contribution in [1.29, 1.82) is 0 Å². The Morgan fingerprint density at radius 3 is 2.53 bits per heavy atom. The molecular formula is C29H43N3O2. The summed E-state index contributed by atoms with van der Waals surface area (Å²) in [5.41, 5.74) is 0.752. The number of amides is 2. The molecule has 0 aromatic heterocycles. The molecular weight excluding hydrogens is 422 g/mol. The first-order chi connectivity index (χ1) is 16.5. The topological polar surface area (TPSA) is 53.6 Å². The number of urea groups is 1. The molecule has 1 saturated heterocycles. The molecule has 1 fully saturated rings. The van der Waals surface area contributed by atoms with Crippen LogP contribution in [0.15, 0.2) is 54.6 Å². The molecule has 0 aliphatic carbocycles. The zero-order valence-electron chi connectivity index (χ0n) is 21.5. The fourth-order valence-corrected chi connectivity index (χ4v) is 5.29. The van der Waals surface area contributed by atoms with Gasteiger partial charge in [0, 0.05) is 24.7 Å². The molecule has 2 amide bonds. The van der Waals surface area contributed by atoms with Gasteiger partial charge in [-0.15, -0.1) is 0 Å². The van der Waals surface area contributed by atoms with Crippen LogP contribution in [0, 0.1) is 5.92 Å². The van der Waals surface area contributed by atoms with Crippen LogP contribution in [0.3, 0.4) is 0 Å². The van der Waals surface area contributed by atoms with Crippen LogP contribution in [0.1, 0.15) is 71.3 Å². The van der Waals surface area contributed by atoms with Gasteiger partial charge < -0.3 is 20.3 Å². The predicted octanol–water partition coefficient (Wildman–Crippen LogP) is 6.69. The van der Waals surface area contributed by atoms with Gasteiger partial charge in [-0.25, -0.2) is 4.79 Å². The molecule has 0 spiro atoms. The highest BCUT2D eigenvalue weighted by molar-refractivity contribution is 5.76. The van der Waals surface area contributed by atoms with Crippen LogP contribution in [0.2, 0.25) is 0 Å². The van der Waals surface area contributed by atoms with Crippen molar-refractivity contribution in [2.24, 2.45) is 5.92 Å². The second-order valence-corrected chi connectivity index (χ2v) is 9.99. The number of hydrogen-bond donors (Lipinski definition) is 2. The Balaban J connectivity index is 1.98. The summed E-state index contributed by atoms with van der Waals surface area (Å²) in [7, 11) is 1.95. The van der Waals surface area contributed by atoms with Gasteiger partial charge in [0.15, 0.2) is 0 Å². The summed E-state index contributed by atoms with van der Waals surface area (Å²) < 4.78 is 6.40. The van der Waals surface area contributed by atoms with Gasteiger partial charge in [-0.3, -0.25) is 0 Å². The molecule has 186 valence electrons. The van der Waals surface area contributed by atoms with Gasteiger partial charge in [-0.05, 0) is 63.3 Å². The number of para-hydroxylation sites is 2. The molecule has 2 aromatic rings. The minimum absolute atomic E-state index is 0.0474. The van der Waals surface area contributed by atoms with Crippen LogP contribution in [0.5, 0.6) is 11.5 Å². The van der Waals surface area contributed by atoms with E-state index in [9.17, 15) is 4.79 Å². The molecule has 1 aliphatic heterocycles. The third-order valence-electron chi connectivity index (χ3n) is 6.82. The monoisotopic (exact) mass is 465 g/mol. The SMILES string of the molecule is CCCCC1(c2ccccc2Oc2ccccc2)CCCCN1C(=O)N[C@H](CNC)CC(C)C. The molecule has 0 saturated carbocycles. The van der Waals surface area contributed by atoms with Crippen LogP contribution in [-0.2, 0) is 5.54 Å². The van der Waals surface area contributed by atoms with Crippen molar-refractivity contribution < 1.29 is 9.53 Å². The summed E-state index contributed by atoms with van der Waals surface area (Å²) >= 11 is 0. The fraction of sp³-hybridized carbons (Fsp3) is 0.552. The molecule has 34 heavy (non-hydrogen) atoms. The normalized spacial score (nSPS) is 19.1. The molecule has 5 nitrogen and oxygen atoms in total. The molecule has 2 N–H and O–H groups in total. The average molecular weight is 466 g/mol. The van der Waals surface area contributed by atoms with E-state index in [2.05, 4.69) is 48.4 Å². The summed E-state index contributed by atoms with van der Waals surface area (Å²) in [6.45, 7) is 8.17. The minimum atomic E-state index is -0.369. The van der Waals surface area contributed by atoms with Gasteiger partial charge in [-0.2, -0.15) is 0 Å². The van der Waals surface area contributed by atoms with E-state index in [1.807, 2.05) is 49.5 Å². The Kier molecular flexibility index (Phi) is 9.82. The lowest BCUT2D eigenvalue weighted by atomic mass is 9.76. The van der Waals surface area contributed by atoms with Crippen LogP contribution in [0.4, 0.5) is 4.79 Å². The van der Waals surface area contributed by atoms with Crippen molar-refractivity contribution in [1.82, 2.24) is 15.5 Å². The third kappa shape index (κ3) is 6.53. The zero-order valence-corrected chi connectivity index (χ0v) is 21.5. The number of benzene rings is 2. The molecule has 2 atom stereocenters. The summed E-state index contributed by atoms with van der Waals surface area (Å²) in [6, 6.07) is 18.4. The van der Waals surface area contributed by atoms with Crippen LogP contribution in [-0.4, -0.2) is 37.1 Å². The van der Waals surface area contributed by atoms with Gasteiger partial charge >= 0.3 is 6.03 Å². The summed E-state index contributed by atoms with van der Waals surface area (Å²) in [5, 5.41) is 6.62. The number of likely N-dealkylation sites (N-methyl/N-ethyl adjacent to an activating group) is 1. The van der Waals surface area contributed by atoms with Gasteiger partial charge in [0.1, 0.15) is 11.5 Å². The smallest absolute Gasteiger partial charge is 0.318 e. The Morgan fingerprint density at radius 2 is 1.82 bits per heavy atom. The highest BCUT2D eigenvalue weighted by Gasteiger charge is 2.44. The van der Waals surface area contributed by atoms with E-state index in [0.29, 0.717) is 5.92 Å². The number of likely N-dealkylation sites (tertiary alicyclic amines) is 1. The predicted molar refractivity (Wildman–Crippen MR) is 140 cm³/mol. The van der Waals surface area contributed by atoms with Crippen LogP contribution in [0.25, 0.3) is 0 Å². The fourth-order valence-electron chi connectivity index (χ4n) is 5.29. The molecule has 1 unspecified atom stereocenters. The lowest BCUT2D eigenvalue weighted by Gasteiger charge is -2.48. The first-order valence-electron chi connectivity index (χ1n) is 13.0. The van der Waals surface area contributed by atoms with Gasteiger partial charge in [0.2, 0.25) is 0 Å². The molecule has 1 heterocycles. The van der Waals surface area contributed by atoms with E-state index >= 15 is 0 Å². The maximum Gasteiger partial charge on any atom is 0.318 e. The highest BCUT2D eigenvalue weighted by Crippen LogP contribution is 2.46. The third-order valence-corrected chi connectivity index (χ3v) is 6.82. The Hall–Kier alpha value is -2.53. The zero-order chi connectivity index (χ0) is 24.4. The average Bonchev–Trinajstić information content (AvgIpc) is 2.83. The molecule has 1 aliphatic rings. The number of piperidine rings is 1.